The van der Waals surface area contributed by atoms with Gasteiger partial charge in [0.2, 0.25) is 0 Å². The molecule has 0 heterocycles. The maximum atomic E-state index is 11.8. The Labute approximate surface area is 87.8 Å². The standard InChI is InChI=1S/C11H11ClO2/c1-14-10-6-8(12)4-5-9(10)11(13)7-2-3-7/h4-7H,2-3H2,1H3. The molecule has 1 saturated carbocycles. The third kappa shape index (κ3) is 1.75. The Morgan fingerprint density at radius 3 is 2.79 bits per heavy atom. The van der Waals surface area contributed by atoms with E-state index < -0.39 is 0 Å². The van der Waals surface area contributed by atoms with Crippen LogP contribution in [0, 0.1) is 5.92 Å². The Balaban J connectivity index is 2.35. The van der Waals surface area contributed by atoms with Gasteiger partial charge in [-0.05, 0) is 31.0 Å². The molecule has 74 valence electrons. The van der Waals surface area contributed by atoms with Gasteiger partial charge < -0.3 is 4.74 Å². The van der Waals surface area contributed by atoms with Crippen LogP contribution in [-0.4, -0.2) is 12.9 Å². The van der Waals surface area contributed by atoms with Crippen LogP contribution >= 0.6 is 11.6 Å². The van der Waals surface area contributed by atoms with Crippen LogP contribution in [0.3, 0.4) is 0 Å². The molecule has 0 aromatic heterocycles. The van der Waals surface area contributed by atoms with Gasteiger partial charge in [0.25, 0.3) is 0 Å². The second kappa shape index (κ2) is 3.62. The summed E-state index contributed by atoms with van der Waals surface area (Å²) in [5.74, 6) is 0.970. The molecule has 3 heteroatoms. The topological polar surface area (TPSA) is 26.3 Å². The summed E-state index contributed by atoms with van der Waals surface area (Å²) in [6.07, 6.45) is 2.01. The fourth-order valence-corrected chi connectivity index (χ4v) is 1.60. The van der Waals surface area contributed by atoms with Gasteiger partial charge in [-0.3, -0.25) is 4.79 Å². The highest BCUT2D eigenvalue weighted by molar-refractivity contribution is 6.30. The maximum absolute atomic E-state index is 11.8. The molecule has 0 spiro atoms. The summed E-state index contributed by atoms with van der Waals surface area (Å²) in [6, 6.07) is 5.14. The Kier molecular flexibility index (Phi) is 2.46. The van der Waals surface area contributed by atoms with Crippen molar-refractivity contribution in [3.05, 3.63) is 28.8 Å². The summed E-state index contributed by atoms with van der Waals surface area (Å²) in [6.45, 7) is 0. The third-order valence-corrected chi connectivity index (χ3v) is 2.61. The first-order valence-electron chi connectivity index (χ1n) is 4.60. The van der Waals surface area contributed by atoms with E-state index >= 15 is 0 Å². The number of carbonyl (C=O) groups is 1. The van der Waals surface area contributed by atoms with Crippen LogP contribution in [0.1, 0.15) is 23.2 Å². The van der Waals surface area contributed by atoms with Gasteiger partial charge in [0, 0.05) is 10.9 Å². The summed E-state index contributed by atoms with van der Waals surface area (Å²) < 4.78 is 5.12. The van der Waals surface area contributed by atoms with Crippen LogP contribution < -0.4 is 4.74 Å². The summed E-state index contributed by atoms with van der Waals surface area (Å²) in [5.41, 5.74) is 0.652. The van der Waals surface area contributed by atoms with E-state index in [2.05, 4.69) is 0 Å². The van der Waals surface area contributed by atoms with Gasteiger partial charge in [-0.1, -0.05) is 11.6 Å². The molecule has 0 radical (unpaired) electrons. The van der Waals surface area contributed by atoms with E-state index in [4.69, 9.17) is 16.3 Å². The number of Topliss-reactive ketones (excluding diaryl/α,β-unsaturated/α-hetero) is 1. The van der Waals surface area contributed by atoms with E-state index in [0.29, 0.717) is 16.3 Å². The predicted molar refractivity (Wildman–Crippen MR) is 55.1 cm³/mol. The largest absolute Gasteiger partial charge is 0.496 e. The monoisotopic (exact) mass is 210 g/mol. The minimum atomic E-state index is 0.179. The number of halogens is 1. The number of carbonyl (C=O) groups excluding carboxylic acids is 1. The van der Waals surface area contributed by atoms with Gasteiger partial charge in [0.1, 0.15) is 5.75 Å². The quantitative estimate of drug-likeness (QED) is 0.717. The molecule has 2 rings (SSSR count). The van der Waals surface area contributed by atoms with Gasteiger partial charge >= 0.3 is 0 Å². The first kappa shape index (κ1) is 9.53. The number of methoxy groups -OCH3 is 1. The molecule has 1 fully saturated rings. The molecular weight excluding hydrogens is 200 g/mol. The van der Waals surface area contributed by atoms with Crippen molar-refractivity contribution in [1.29, 1.82) is 0 Å². The van der Waals surface area contributed by atoms with E-state index in [1.54, 1.807) is 25.3 Å². The highest BCUT2D eigenvalue weighted by atomic mass is 35.5. The average Bonchev–Trinajstić information content (AvgIpc) is 3.00. The van der Waals surface area contributed by atoms with Gasteiger partial charge in [-0.15, -0.1) is 0 Å². The lowest BCUT2D eigenvalue weighted by Crippen LogP contribution is -2.03. The number of benzene rings is 1. The molecule has 1 aromatic carbocycles. The van der Waals surface area contributed by atoms with E-state index in [9.17, 15) is 4.79 Å². The van der Waals surface area contributed by atoms with Crippen molar-refractivity contribution in [3.8, 4) is 5.75 Å². The van der Waals surface area contributed by atoms with E-state index in [0.717, 1.165) is 12.8 Å². The smallest absolute Gasteiger partial charge is 0.169 e. The van der Waals surface area contributed by atoms with Crippen LogP contribution in [0.25, 0.3) is 0 Å². The molecule has 0 atom stereocenters. The van der Waals surface area contributed by atoms with Crippen molar-refractivity contribution in [3.63, 3.8) is 0 Å². The van der Waals surface area contributed by atoms with Gasteiger partial charge in [-0.25, -0.2) is 0 Å². The lowest BCUT2D eigenvalue weighted by atomic mass is 10.1. The fraction of sp³-hybridized carbons (Fsp3) is 0.364. The van der Waals surface area contributed by atoms with Crippen LogP contribution in [-0.2, 0) is 0 Å². The van der Waals surface area contributed by atoms with Crippen molar-refractivity contribution in [2.75, 3.05) is 7.11 Å². The van der Waals surface area contributed by atoms with Crippen LogP contribution in [0.2, 0.25) is 5.02 Å². The number of hydrogen-bond acceptors (Lipinski definition) is 2. The molecular formula is C11H11ClO2. The second-order valence-corrected chi connectivity index (χ2v) is 3.92. The molecule has 1 aromatic rings. The summed E-state index contributed by atoms with van der Waals surface area (Å²) in [4.78, 5) is 11.8. The van der Waals surface area contributed by atoms with Crippen molar-refractivity contribution in [1.82, 2.24) is 0 Å². The summed E-state index contributed by atoms with van der Waals surface area (Å²) in [5, 5.41) is 0.592. The zero-order valence-corrected chi connectivity index (χ0v) is 8.67. The summed E-state index contributed by atoms with van der Waals surface area (Å²) in [7, 11) is 1.55. The van der Waals surface area contributed by atoms with E-state index in [1.807, 2.05) is 0 Å². The molecule has 14 heavy (non-hydrogen) atoms. The van der Waals surface area contributed by atoms with Gasteiger partial charge in [-0.2, -0.15) is 0 Å². The number of ether oxygens (including phenoxy) is 1. The Hall–Kier alpha value is -1.02. The molecule has 0 unspecified atom stereocenters. The van der Waals surface area contributed by atoms with Gasteiger partial charge in [0.05, 0.1) is 12.7 Å². The molecule has 2 nitrogen and oxygen atoms in total. The van der Waals surface area contributed by atoms with Crippen molar-refractivity contribution < 1.29 is 9.53 Å². The first-order valence-corrected chi connectivity index (χ1v) is 4.98. The molecule has 0 aliphatic heterocycles. The molecule has 1 aliphatic rings. The predicted octanol–water partition coefficient (Wildman–Crippen LogP) is 2.94. The highest BCUT2D eigenvalue weighted by Crippen LogP contribution is 2.35. The fourth-order valence-electron chi connectivity index (χ4n) is 1.43. The van der Waals surface area contributed by atoms with Crippen LogP contribution in [0.4, 0.5) is 0 Å². The third-order valence-electron chi connectivity index (χ3n) is 2.38. The number of ketones is 1. The average molecular weight is 211 g/mol. The first-order chi connectivity index (χ1) is 6.72. The molecule has 0 bridgehead atoms. The van der Waals surface area contributed by atoms with Gasteiger partial charge in [0.15, 0.2) is 5.78 Å². The van der Waals surface area contributed by atoms with E-state index in [-0.39, 0.29) is 11.7 Å². The Morgan fingerprint density at radius 1 is 1.50 bits per heavy atom. The SMILES string of the molecule is COc1cc(Cl)ccc1C(=O)C1CC1. The molecule has 0 N–H and O–H groups in total. The molecule has 0 saturated heterocycles. The maximum Gasteiger partial charge on any atom is 0.169 e. The lowest BCUT2D eigenvalue weighted by molar-refractivity contribution is 0.0964. The van der Waals surface area contributed by atoms with Crippen LogP contribution in [0.5, 0.6) is 5.75 Å². The zero-order chi connectivity index (χ0) is 10.1. The second-order valence-electron chi connectivity index (χ2n) is 3.48. The van der Waals surface area contributed by atoms with Crippen LogP contribution in [0.15, 0.2) is 18.2 Å². The zero-order valence-electron chi connectivity index (χ0n) is 7.92. The lowest BCUT2D eigenvalue weighted by Gasteiger charge is -2.06. The normalized spacial score (nSPS) is 15.3. The van der Waals surface area contributed by atoms with E-state index in [1.165, 1.54) is 0 Å². The minimum absolute atomic E-state index is 0.179. The molecule has 1 aliphatic carbocycles. The summed E-state index contributed by atoms with van der Waals surface area (Å²) >= 11 is 5.80. The van der Waals surface area contributed by atoms with Crippen molar-refractivity contribution in [2.45, 2.75) is 12.8 Å². The minimum Gasteiger partial charge on any atom is -0.496 e. The van der Waals surface area contributed by atoms with Crippen molar-refractivity contribution >= 4 is 17.4 Å². The highest BCUT2D eigenvalue weighted by Gasteiger charge is 2.31. The number of hydrogen-bond donors (Lipinski definition) is 0. The van der Waals surface area contributed by atoms with Crippen molar-refractivity contribution in [2.24, 2.45) is 5.92 Å². The number of rotatable bonds is 3. The molecule has 0 amide bonds. The Bertz CT molecular complexity index is 370. The Morgan fingerprint density at radius 2 is 2.21 bits per heavy atom.